The van der Waals surface area contributed by atoms with E-state index in [4.69, 9.17) is 4.74 Å². The van der Waals surface area contributed by atoms with Crippen molar-refractivity contribution < 1.29 is 14.6 Å². The Hall–Kier alpha value is -2.57. The maximum Gasteiger partial charge on any atom is 0.258 e. The molecule has 1 heterocycles. The van der Waals surface area contributed by atoms with Crippen LogP contribution in [0.1, 0.15) is 11.1 Å². The van der Waals surface area contributed by atoms with E-state index in [2.05, 4.69) is 28.4 Å². The number of aliphatic hydroxyl groups excluding tert-OH is 1. The molecule has 28 heavy (non-hydrogen) atoms. The van der Waals surface area contributed by atoms with E-state index < -0.39 is 6.10 Å². The number of hydrogen-bond donors (Lipinski definition) is 2. The summed E-state index contributed by atoms with van der Waals surface area (Å²) in [6.45, 7) is 2.45. The van der Waals surface area contributed by atoms with E-state index in [-0.39, 0.29) is 19.1 Å². The number of aliphatic hydroxyl groups is 1. The van der Waals surface area contributed by atoms with E-state index in [0.29, 0.717) is 12.3 Å². The number of para-hydroxylation sites is 2. The Labute approximate surface area is 166 Å². The maximum absolute atomic E-state index is 12.1. The second-order valence-corrected chi connectivity index (χ2v) is 7.36. The van der Waals surface area contributed by atoms with Crippen LogP contribution in [0.4, 0.5) is 5.69 Å². The Kier molecular flexibility index (Phi) is 6.90. The summed E-state index contributed by atoms with van der Waals surface area (Å²) in [5.41, 5.74) is 3.62. The molecule has 2 N–H and O–H groups in total. The number of carbonyl (C=O) groups excluding carboxylic acids is 1. The molecular formula is C22H29N3O3. The fourth-order valence-corrected chi connectivity index (χ4v) is 3.45. The maximum atomic E-state index is 12.1. The third-order valence-electron chi connectivity index (χ3n) is 4.92. The van der Waals surface area contributed by atoms with Crippen LogP contribution in [0, 0.1) is 0 Å². The number of anilines is 1. The lowest BCUT2D eigenvalue weighted by molar-refractivity contribution is -0.123. The average molecular weight is 383 g/mol. The standard InChI is InChI=1S/C22H29N3O3/c1-24(2)20-9-5-6-10-21(20)28-16-22(27)23-13-19(26)15-25-12-11-17-7-3-4-8-18(17)14-25/h3-10,19,26H,11-16H2,1-2H3,(H,23,27). The minimum absolute atomic E-state index is 0.0747. The summed E-state index contributed by atoms with van der Waals surface area (Å²) in [5, 5.41) is 13.1. The predicted molar refractivity (Wildman–Crippen MR) is 111 cm³/mol. The van der Waals surface area contributed by atoms with Gasteiger partial charge in [-0.2, -0.15) is 0 Å². The molecule has 6 heteroatoms. The third kappa shape index (κ3) is 5.47. The summed E-state index contributed by atoms with van der Waals surface area (Å²) >= 11 is 0. The summed E-state index contributed by atoms with van der Waals surface area (Å²) in [6, 6.07) is 16.0. The van der Waals surface area contributed by atoms with Crippen molar-refractivity contribution in [3.63, 3.8) is 0 Å². The number of amides is 1. The first kappa shape index (κ1) is 20.2. The van der Waals surface area contributed by atoms with Crippen molar-refractivity contribution in [2.45, 2.75) is 19.1 Å². The van der Waals surface area contributed by atoms with Crippen molar-refractivity contribution in [3.8, 4) is 5.75 Å². The first-order valence-electron chi connectivity index (χ1n) is 9.66. The topological polar surface area (TPSA) is 65.0 Å². The fraction of sp³-hybridized carbons (Fsp3) is 0.409. The second-order valence-electron chi connectivity index (χ2n) is 7.36. The van der Waals surface area contributed by atoms with Gasteiger partial charge in [0.15, 0.2) is 6.61 Å². The van der Waals surface area contributed by atoms with Crippen molar-refractivity contribution in [2.24, 2.45) is 0 Å². The molecular weight excluding hydrogens is 354 g/mol. The zero-order valence-electron chi connectivity index (χ0n) is 16.6. The van der Waals surface area contributed by atoms with E-state index in [9.17, 15) is 9.90 Å². The van der Waals surface area contributed by atoms with Gasteiger partial charge in [-0.05, 0) is 29.7 Å². The number of fused-ring (bicyclic) bond motifs is 1. The van der Waals surface area contributed by atoms with Gasteiger partial charge in [-0.3, -0.25) is 9.69 Å². The Bertz CT molecular complexity index is 794. The minimum Gasteiger partial charge on any atom is -0.482 e. The highest BCUT2D eigenvalue weighted by Crippen LogP contribution is 2.25. The number of nitrogens with zero attached hydrogens (tertiary/aromatic N) is 2. The molecule has 1 aliphatic heterocycles. The zero-order valence-corrected chi connectivity index (χ0v) is 16.6. The van der Waals surface area contributed by atoms with E-state index in [1.54, 1.807) is 0 Å². The van der Waals surface area contributed by atoms with Gasteiger partial charge < -0.3 is 20.1 Å². The minimum atomic E-state index is -0.608. The summed E-state index contributed by atoms with van der Waals surface area (Å²) in [4.78, 5) is 16.2. The third-order valence-corrected chi connectivity index (χ3v) is 4.92. The molecule has 0 radical (unpaired) electrons. The molecule has 0 spiro atoms. The Balaban J connectivity index is 1.40. The number of carbonyl (C=O) groups is 1. The van der Waals surface area contributed by atoms with Crippen LogP contribution in [0.5, 0.6) is 5.75 Å². The molecule has 1 aliphatic rings. The quantitative estimate of drug-likeness (QED) is 0.726. The van der Waals surface area contributed by atoms with Gasteiger partial charge in [-0.25, -0.2) is 0 Å². The molecule has 150 valence electrons. The lowest BCUT2D eigenvalue weighted by Crippen LogP contribution is -2.42. The first-order valence-corrected chi connectivity index (χ1v) is 9.66. The van der Waals surface area contributed by atoms with Crippen molar-refractivity contribution in [1.82, 2.24) is 10.2 Å². The largest absolute Gasteiger partial charge is 0.482 e. The monoisotopic (exact) mass is 383 g/mol. The van der Waals surface area contributed by atoms with E-state index >= 15 is 0 Å². The highest BCUT2D eigenvalue weighted by Gasteiger charge is 2.18. The van der Waals surface area contributed by atoms with Crippen LogP contribution in [0.25, 0.3) is 0 Å². The molecule has 1 atom stereocenters. The fourth-order valence-electron chi connectivity index (χ4n) is 3.45. The van der Waals surface area contributed by atoms with Gasteiger partial charge in [0.2, 0.25) is 0 Å². The molecule has 2 aromatic rings. The van der Waals surface area contributed by atoms with E-state index in [1.807, 2.05) is 49.3 Å². The summed E-state index contributed by atoms with van der Waals surface area (Å²) in [6.07, 6.45) is 0.386. The Morgan fingerprint density at radius 2 is 1.89 bits per heavy atom. The molecule has 0 fully saturated rings. The van der Waals surface area contributed by atoms with Gasteiger partial charge in [-0.15, -0.1) is 0 Å². The number of ether oxygens (including phenoxy) is 1. The zero-order chi connectivity index (χ0) is 19.9. The SMILES string of the molecule is CN(C)c1ccccc1OCC(=O)NCC(O)CN1CCc2ccccc2C1. The van der Waals surface area contributed by atoms with E-state index in [1.165, 1.54) is 11.1 Å². The number of benzene rings is 2. The smallest absolute Gasteiger partial charge is 0.258 e. The lowest BCUT2D eigenvalue weighted by Gasteiger charge is -2.30. The van der Waals surface area contributed by atoms with Crippen LogP contribution in [-0.2, 0) is 17.8 Å². The highest BCUT2D eigenvalue weighted by atomic mass is 16.5. The van der Waals surface area contributed by atoms with Crippen LogP contribution in [-0.4, -0.2) is 62.4 Å². The number of hydrogen-bond acceptors (Lipinski definition) is 5. The van der Waals surface area contributed by atoms with Gasteiger partial charge >= 0.3 is 0 Å². The van der Waals surface area contributed by atoms with Crippen molar-refractivity contribution in [1.29, 1.82) is 0 Å². The van der Waals surface area contributed by atoms with Gasteiger partial charge in [0.1, 0.15) is 5.75 Å². The molecule has 2 aromatic carbocycles. The predicted octanol–water partition coefficient (Wildman–Crippen LogP) is 1.67. The van der Waals surface area contributed by atoms with Crippen LogP contribution in [0.15, 0.2) is 48.5 Å². The summed E-state index contributed by atoms with van der Waals surface area (Å²) in [5.74, 6) is 0.423. The van der Waals surface area contributed by atoms with Gasteiger partial charge in [0.25, 0.3) is 5.91 Å². The molecule has 6 nitrogen and oxygen atoms in total. The van der Waals surface area contributed by atoms with Gasteiger partial charge in [-0.1, -0.05) is 36.4 Å². The average Bonchev–Trinajstić information content (AvgIpc) is 2.70. The van der Waals surface area contributed by atoms with Crippen LogP contribution in [0.2, 0.25) is 0 Å². The lowest BCUT2D eigenvalue weighted by atomic mass is 10.00. The molecule has 0 aromatic heterocycles. The molecule has 0 aliphatic carbocycles. The highest BCUT2D eigenvalue weighted by molar-refractivity contribution is 5.77. The molecule has 0 saturated heterocycles. The number of rotatable bonds is 8. The molecule has 0 bridgehead atoms. The van der Waals surface area contributed by atoms with Gasteiger partial charge in [0, 0.05) is 40.3 Å². The Morgan fingerprint density at radius 3 is 2.68 bits per heavy atom. The van der Waals surface area contributed by atoms with Crippen LogP contribution in [0.3, 0.4) is 0 Å². The van der Waals surface area contributed by atoms with Crippen molar-refractivity contribution in [3.05, 3.63) is 59.7 Å². The van der Waals surface area contributed by atoms with Gasteiger partial charge in [0.05, 0.1) is 11.8 Å². The normalized spacial score (nSPS) is 14.8. The van der Waals surface area contributed by atoms with Crippen LogP contribution < -0.4 is 15.0 Å². The summed E-state index contributed by atoms with van der Waals surface area (Å²) < 4.78 is 5.64. The molecule has 0 saturated carbocycles. The number of nitrogens with one attached hydrogen (secondary N) is 1. The molecule has 3 rings (SSSR count). The molecule has 1 amide bonds. The van der Waals surface area contributed by atoms with Crippen molar-refractivity contribution >= 4 is 11.6 Å². The Morgan fingerprint density at radius 1 is 1.18 bits per heavy atom. The second kappa shape index (κ2) is 9.57. The first-order chi connectivity index (χ1) is 13.5. The van der Waals surface area contributed by atoms with Crippen LogP contribution >= 0.6 is 0 Å². The molecule has 1 unspecified atom stereocenters. The summed E-state index contributed by atoms with van der Waals surface area (Å²) in [7, 11) is 3.86. The number of β-amino-alcohol motifs (C(OH)–C–C–N with tert-alkyl or cyclic N) is 1. The van der Waals surface area contributed by atoms with Crippen molar-refractivity contribution in [2.75, 3.05) is 45.2 Å². The van der Waals surface area contributed by atoms with E-state index in [0.717, 1.165) is 25.2 Å².